The van der Waals surface area contributed by atoms with Gasteiger partial charge in [0.15, 0.2) is 0 Å². The zero-order valence-electron chi connectivity index (χ0n) is 17.0. The predicted molar refractivity (Wildman–Crippen MR) is 128 cm³/mol. The van der Waals surface area contributed by atoms with E-state index in [4.69, 9.17) is 17.3 Å². The van der Waals surface area contributed by atoms with Crippen molar-refractivity contribution < 1.29 is 14.7 Å². The van der Waals surface area contributed by atoms with Crippen LogP contribution in [-0.4, -0.2) is 32.7 Å². The second-order valence-corrected chi connectivity index (χ2v) is 9.20. The smallest absolute Gasteiger partial charge is 0.303 e. The standard InChI is InChI=1S/C24H27NO3S2/c26-22(27)15-6-4-2-1-3-5-9-16-25-23(28)21(30-24(25)29)17-19-13-10-12-18-11-7-8-14-20(18)19/h7-8,10-14,17H,1-6,9,15-16H2,(H,26,27)/b21-17-. The van der Waals surface area contributed by atoms with Crippen LogP contribution in [0.25, 0.3) is 16.8 Å². The molecule has 0 radical (unpaired) electrons. The van der Waals surface area contributed by atoms with Crippen LogP contribution in [0.15, 0.2) is 47.4 Å². The van der Waals surface area contributed by atoms with Gasteiger partial charge in [0.1, 0.15) is 4.32 Å². The van der Waals surface area contributed by atoms with E-state index in [1.54, 1.807) is 4.90 Å². The van der Waals surface area contributed by atoms with Gasteiger partial charge in [0.2, 0.25) is 0 Å². The van der Waals surface area contributed by atoms with Crippen LogP contribution in [0.2, 0.25) is 0 Å². The molecule has 0 aliphatic carbocycles. The van der Waals surface area contributed by atoms with Crippen molar-refractivity contribution in [1.82, 2.24) is 4.90 Å². The molecule has 1 aliphatic rings. The van der Waals surface area contributed by atoms with Crippen LogP contribution in [-0.2, 0) is 9.59 Å². The average molecular weight is 442 g/mol. The van der Waals surface area contributed by atoms with Gasteiger partial charge in [-0.05, 0) is 35.3 Å². The maximum absolute atomic E-state index is 12.9. The van der Waals surface area contributed by atoms with Crippen LogP contribution >= 0.6 is 24.0 Å². The molecule has 0 aromatic heterocycles. The van der Waals surface area contributed by atoms with Gasteiger partial charge in [-0.1, -0.05) is 98.5 Å². The minimum absolute atomic E-state index is 0.00612. The maximum atomic E-state index is 12.9. The van der Waals surface area contributed by atoms with Gasteiger partial charge in [0.05, 0.1) is 4.91 Å². The number of benzene rings is 2. The van der Waals surface area contributed by atoms with E-state index in [1.807, 2.05) is 30.3 Å². The van der Waals surface area contributed by atoms with Crippen LogP contribution in [0, 0.1) is 0 Å². The van der Waals surface area contributed by atoms with Crippen LogP contribution < -0.4 is 0 Å². The molecule has 158 valence electrons. The van der Waals surface area contributed by atoms with Crippen molar-refractivity contribution in [3.8, 4) is 0 Å². The number of aliphatic carboxylic acids is 1. The molecule has 0 saturated carbocycles. The van der Waals surface area contributed by atoms with E-state index in [1.165, 1.54) is 11.8 Å². The van der Waals surface area contributed by atoms with Crippen LogP contribution in [0.5, 0.6) is 0 Å². The first-order chi connectivity index (χ1) is 14.6. The van der Waals surface area contributed by atoms with Crippen LogP contribution in [0.1, 0.15) is 56.9 Å². The number of carbonyl (C=O) groups is 2. The van der Waals surface area contributed by atoms with E-state index in [0.717, 1.165) is 61.3 Å². The minimum atomic E-state index is -0.715. The van der Waals surface area contributed by atoms with E-state index in [2.05, 4.69) is 18.2 Å². The Balaban J connectivity index is 1.47. The number of thioether (sulfide) groups is 1. The van der Waals surface area contributed by atoms with Crippen molar-refractivity contribution >= 4 is 57.0 Å². The number of thiocarbonyl (C=S) groups is 1. The number of carboxylic acids is 1. The molecule has 2 aromatic carbocycles. The van der Waals surface area contributed by atoms with Gasteiger partial charge >= 0.3 is 5.97 Å². The summed E-state index contributed by atoms with van der Waals surface area (Å²) in [5, 5.41) is 10.9. The lowest BCUT2D eigenvalue weighted by Gasteiger charge is -2.14. The SMILES string of the molecule is O=C(O)CCCCCCCCCN1C(=O)/C(=C/c2cccc3ccccc23)SC1=S. The van der Waals surface area contributed by atoms with E-state index in [-0.39, 0.29) is 12.3 Å². The summed E-state index contributed by atoms with van der Waals surface area (Å²) in [5.41, 5.74) is 1.04. The molecule has 0 bridgehead atoms. The summed E-state index contributed by atoms with van der Waals surface area (Å²) in [6.45, 7) is 0.663. The first-order valence-corrected chi connectivity index (χ1v) is 11.7. The molecule has 1 heterocycles. The molecular formula is C24H27NO3S2. The lowest BCUT2D eigenvalue weighted by atomic mass is 10.0. The molecule has 2 aromatic rings. The molecule has 6 heteroatoms. The molecule has 0 spiro atoms. The van der Waals surface area contributed by atoms with E-state index in [0.29, 0.717) is 15.8 Å². The van der Waals surface area contributed by atoms with Gasteiger partial charge in [0.25, 0.3) is 5.91 Å². The van der Waals surface area contributed by atoms with Gasteiger partial charge in [-0.3, -0.25) is 14.5 Å². The summed E-state index contributed by atoms with van der Waals surface area (Å²) >= 11 is 6.84. The van der Waals surface area contributed by atoms with Crippen molar-refractivity contribution in [1.29, 1.82) is 0 Å². The summed E-state index contributed by atoms with van der Waals surface area (Å²) < 4.78 is 0.639. The Kier molecular flexibility index (Phi) is 8.46. The number of fused-ring (bicyclic) bond motifs is 1. The molecule has 3 rings (SSSR count). The number of amides is 1. The number of carbonyl (C=O) groups excluding carboxylic acids is 1. The fraction of sp³-hybridized carbons (Fsp3) is 0.375. The molecule has 1 N–H and O–H groups in total. The van der Waals surface area contributed by atoms with Gasteiger partial charge in [-0.25, -0.2) is 0 Å². The van der Waals surface area contributed by atoms with E-state index < -0.39 is 5.97 Å². The Labute approximate surface area is 187 Å². The fourth-order valence-electron chi connectivity index (χ4n) is 3.64. The van der Waals surface area contributed by atoms with Crippen LogP contribution in [0.3, 0.4) is 0 Å². The number of hydrogen-bond donors (Lipinski definition) is 1. The molecule has 30 heavy (non-hydrogen) atoms. The molecular weight excluding hydrogens is 414 g/mol. The fourth-order valence-corrected chi connectivity index (χ4v) is 4.94. The van der Waals surface area contributed by atoms with Crippen molar-refractivity contribution in [2.45, 2.75) is 51.4 Å². The largest absolute Gasteiger partial charge is 0.481 e. The summed E-state index contributed by atoms with van der Waals surface area (Å²) in [6.07, 6.45) is 9.23. The third-order valence-corrected chi connectivity index (χ3v) is 6.63. The number of hydrogen-bond acceptors (Lipinski definition) is 4. The summed E-state index contributed by atoms with van der Waals surface area (Å²) in [7, 11) is 0. The summed E-state index contributed by atoms with van der Waals surface area (Å²) in [6, 6.07) is 14.3. The third-order valence-electron chi connectivity index (χ3n) is 5.26. The monoisotopic (exact) mass is 441 g/mol. The van der Waals surface area contributed by atoms with Gasteiger partial charge in [-0.15, -0.1) is 0 Å². The second kappa shape index (κ2) is 11.3. The van der Waals surface area contributed by atoms with Crippen LogP contribution in [0.4, 0.5) is 0 Å². The first kappa shape index (κ1) is 22.5. The molecule has 1 aliphatic heterocycles. The highest BCUT2D eigenvalue weighted by molar-refractivity contribution is 8.26. The Bertz CT molecular complexity index is 949. The number of nitrogens with zero attached hydrogens (tertiary/aromatic N) is 1. The maximum Gasteiger partial charge on any atom is 0.303 e. The molecule has 0 atom stereocenters. The van der Waals surface area contributed by atoms with Crippen molar-refractivity contribution in [2.24, 2.45) is 0 Å². The van der Waals surface area contributed by atoms with Gasteiger partial charge in [0, 0.05) is 13.0 Å². The van der Waals surface area contributed by atoms with Crippen molar-refractivity contribution in [3.05, 3.63) is 52.9 Å². The number of unbranched alkanes of at least 4 members (excludes halogenated alkanes) is 6. The first-order valence-electron chi connectivity index (χ1n) is 10.5. The zero-order chi connectivity index (χ0) is 21.3. The van der Waals surface area contributed by atoms with Crippen molar-refractivity contribution in [3.63, 3.8) is 0 Å². The molecule has 0 unspecified atom stereocenters. The number of carboxylic acid groups (broad SMARTS) is 1. The Morgan fingerprint density at radius 3 is 2.40 bits per heavy atom. The number of rotatable bonds is 11. The normalized spacial score (nSPS) is 15.5. The Morgan fingerprint density at radius 2 is 1.63 bits per heavy atom. The molecule has 1 fully saturated rings. The molecule has 4 nitrogen and oxygen atoms in total. The van der Waals surface area contributed by atoms with E-state index in [9.17, 15) is 9.59 Å². The minimum Gasteiger partial charge on any atom is -0.481 e. The molecule has 1 amide bonds. The summed E-state index contributed by atoms with van der Waals surface area (Å²) in [5.74, 6) is -0.709. The predicted octanol–water partition coefficient (Wildman–Crippen LogP) is 6.25. The van der Waals surface area contributed by atoms with Gasteiger partial charge in [-0.2, -0.15) is 0 Å². The second-order valence-electron chi connectivity index (χ2n) is 7.52. The topological polar surface area (TPSA) is 57.6 Å². The Morgan fingerprint density at radius 1 is 0.967 bits per heavy atom. The Hall–Kier alpha value is -2.18. The van der Waals surface area contributed by atoms with Gasteiger partial charge < -0.3 is 5.11 Å². The van der Waals surface area contributed by atoms with E-state index >= 15 is 0 Å². The zero-order valence-corrected chi connectivity index (χ0v) is 18.6. The third kappa shape index (κ3) is 6.16. The quantitative estimate of drug-likeness (QED) is 0.254. The lowest BCUT2D eigenvalue weighted by molar-refractivity contribution is -0.137. The lowest BCUT2D eigenvalue weighted by Crippen LogP contribution is -2.29. The highest BCUT2D eigenvalue weighted by Crippen LogP contribution is 2.34. The summed E-state index contributed by atoms with van der Waals surface area (Å²) in [4.78, 5) is 25.8. The molecule has 1 saturated heterocycles. The average Bonchev–Trinajstić information content (AvgIpc) is 2.99. The highest BCUT2D eigenvalue weighted by Gasteiger charge is 2.31. The van der Waals surface area contributed by atoms with Crippen molar-refractivity contribution in [2.75, 3.05) is 6.54 Å². The highest BCUT2D eigenvalue weighted by atomic mass is 32.2.